The van der Waals surface area contributed by atoms with E-state index in [4.69, 9.17) is 26.5 Å². The molecular weight excluding hydrogens is 488 g/mol. The first-order chi connectivity index (χ1) is 16.7. The largest absolute Gasteiger partial charge is 0.483 e. The molecule has 0 fully saturated rings. The van der Waals surface area contributed by atoms with E-state index in [-0.39, 0.29) is 22.0 Å². The molecule has 1 amide bonds. The van der Waals surface area contributed by atoms with E-state index >= 15 is 0 Å². The number of hydrogen-bond acceptors (Lipinski definition) is 8. The fourth-order valence-electron chi connectivity index (χ4n) is 3.97. The average molecular weight is 507 g/mol. The molecule has 0 saturated heterocycles. The highest BCUT2D eigenvalue weighted by Gasteiger charge is 2.22. The molecule has 4 aromatic heterocycles. The maximum atomic E-state index is 13.4. The van der Waals surface area contributed by atoms with Crippen molar-refractivity contribution in [2.24, 2.45) is 5.73 Å². The Morgan fingerprint density at radius 2 is 2.00 bits per heavy atom. The van der Waals surface area contributed by atoms with Crippen LogP contribution in [0.25, 0.3) is 32.6 Å². The van der Waals surface area contributed by atoms with E-state index in [1.807, 2.05) is 19.1 Å². The molecule has 10 heteroatoms. The number of primary amides is 1. The number of fused-ring (bicyclic) bond motifs is 2. The van der Waals surface area contributed by atoms with Crippen LogP contribution < -0.4 is 15.9 Å². The third-order valence-corrected chi connectivity index (χ3v) is 6.62. The molecule has 4 heterocycles. The van der Waals surface area contributed by atoms with Gasteiger partial charge in [-0.3, -0.25) is 9.59 Å². The summed E-state index contributed by atoms with van der Waals surface area (Å²) >= 11 is 7.38. The lowest BCUT2D eigenvalue weighted by atomic mass is 10.00. The number of nitrogens with two attached hydrogens (primary N) is 1. The Morgan fingerprint density at radius 1 is 1.20 bits per heavy atom. The minimum atomic E-state index is -0.765. The Kier molecular flexibility index (Phi) is 5.74. The zero-order chi connectivity index (χ0) is 24.9. The maximum absolute atomic E-state index is 13.4. The number of thiazole rings is 1. The molecular formula is C25H19ClN4O4S. The van der Waals surface area contributed by atoms with E-state index in [2.05, 4.69) is 15.0 Å². The summed E-state index contributed by atoms with van der Waals surface area (Å²) in [6, 6.07) is 8.62. The third-order valence-electron chi connectivity index (χ3n) is 5.64. The van der Waals surface area contributed by atoms with Crippen molar-refractivity contribution in [3.05, 3.63) is 79.8 Å². The van der Waals surface area contributed by atoms with Gasteiger partial charge >= 0.3 is 0 Å². The monoisotopic (exact) mass is 506 g/mol. The third kappa shape index (κ3) is 4.13. The molecule has 35 heavy (non-hydrogen) atoms. The first kappa shape index (κ1) is 22.9. The second-order valence-electron chi connectivity index (χ2n) is 8.12. The smallest absolute Gasteiger partial charge is 0.271 e. The number of halogens is 1. The SMILES string of the molecule is Cc1cc([C@@H](C)Oc2ccc(Cl)nc2C(N)=O)c2oc(-c3cnc4ncsc4c3)c(C)c(=O)c2c1. The van der Waals surface area contributed by atoms with E-state index < -0.39 is 12.0 Å². The molecule has 0 bridgehead atoms. The molecule has 0 aliphatic carbocycles. The van der Waals surface area contributed by atoms with E-state index in [0.717, 1.165) is 10.3 Å². The number of benzene rings is 1. The number of amides is 1. The van der Waals surface area contributed by atoms with Crippen molar-refractivity contribution in [3.8, 4) is 17.1 Å². The molecule has 0 spiro atoms. The van der Waals surface area contributed by atoms with Crippen LogP contribution in [0.4, 0.5) is 0 Å². The number of nitrogens with zero attached hydrogens (tertiary/aromatic N) is 3. The number of carbonyl (C=O) groups is 1. The van der Waals surface area contributed by atoms with Gasteiger partial charge in [-0.25, -0.2) is 15.0 Å². The number of rotatable bonds is 5. The highest BCUT2D eigenvalue weighted by atomic mass is 35.5. The Morgan fingerprint density at radius 3 is 2.77 bits per heavy atom. The molecule has 5 rings (SSSR count). The number of pyridine rings is 2. The highest BCUT2D eigenvalue weighted by molar-refractivity contribution is 7.16. The van der Waals surface area contributed by atoms with Crippen LogP contribution in [-0.4, -0.2) is 20.9 Å². The van der Waals surface area contributed by atoms with Crippen LogP contribution in [0.15, 0.2) is 51.3 Å². The Balaban J connectivity index is 1.67. The number of carbonyl (C=O) groups excluding carboxylic acids is 1. The van der Waals surface area contributed by atoms with Crippen LogP contribution in [0.2, 0.25) is 5.15 Å². The van der Waals surface area contributed by atoms with Gasteiger partial charge in [0.2, 0.25) is 0 Å². The molecule has 8 nitrogen and oxygen atoms in total. The van der Waals surface area contributed by atoms with Crippen molar-refractivity contribution in [1.82, 2.24) is 15.0 Å². The minimum absolute atomic E-state index is 0.0803. The van der Waals surface area contributed by atoms with Crippen molar-refractivity contribution in [1.29, 1.82) is 0 Å². The second kappa shape index (κ2) is 8.75. The van der Waals surface area contributed by atoms with Crippen LogP contribution in [0.3, 0.4) is 0 Å². The zero-order valence-electron chi connectivity index (χ0n) is 19.0. The number of aromatic nitrogens is 3. The first-order valence-corrected chi connectivity index (χ1v) is 11.9. The summed E-state index contributed by atoms with van der Waals surface area (Å²) in [5.74, 6) is -0.161. The fraction of sp³-hybridized carbons (Fsp3) is 0.160. The standard InChI is InChI=1S/C25H19ClN4O4S/c1-11-6-15(13(3)33-17-4-5-19(26)30-20(17)24(27)32)23-16(7-11)21(31)12(2)22(34-23)14-8-18-25(28-9-14)29-10-35-18/h4-10,13H,1-3H3,(H2,27,32)/t13-/m1/s1. The van der Waals surface area contributed by atoms with E-state index in [9.17, 15) is 9.59 Å². The summed E-state index contributed by atoms with van der Waals surface area (Å²) < 4.78 is 13.3. The van der Waals surface area contributed by atoms with Gasteiger partial charge in [-0.1, -0.05) is 11.6 Å². The van der Waals surface area contributed by atoms with Gasteiger partial charge in [0.15, 0.2) is 22.5 Å². The molecule has 0 aliphatic rings. The van der Waals surface area contributed by atoms with Gasteiger partial charge in [0.05, 0.1) is 15.6 Å². The van der Waals surface area contributed by atoms with Crippen molar-refractivity contribution >= 4 is 50.2 Å². The molecule has 0 unspecified atom stereocenters. The van der Waals surface area contributed by atoms with Crippen LogP contribution in [0, 0.1) is 13.8 Å². The number of aryl methyl sites for hydroxylation is 1. The summed E-state index contributed by atoms with van der Waals surface area (Å²) in [6.07, 6.45) is 1.03. The minimum Gasteiger partial charge on any atom is -0.483 e. The van der Waals surface area contributed by atoms with E-state index in [1.165, 1.54) is 23.5 Å². The van der Waals surface area contributed by atoms with Crippen LogP contribution >= 0.6 is 22.9 Å². The second-order valence-corrected chi connectivity index (χ2v) is 9.39. The molecule has 2 N–H and O–H groups in total. The number of ether oxygens (including phenoxy) is 1. The van der Waals surface area contributed by atoms with Crippen molar-refractivity contribution in [2.45, 2.75) is 26.9 Å². The summed E-state index contributed by atoms with van der Waals surface area (Å²) in [6.45, 7) is 5.41. The van der Waals surface area contributed by atoms with Crippen LogP contribution in [0.5, 0.6) is 5.75 Å². The van der Waals surface area contributed by atoms with Crippen molar-refractivity contribution in [2.75, 3.05) is 0 Å². The Hall–Kier alpha value is -3.82. The molecule has 0 radical (unpaired) electrons. The van der Waals surface area contributed by atoms with Crippen LogP contribution in [-0.2, 0) is 0 Å². The summed E-state index contributed by atoms with van der Waals surface area (Å²) in [4.78, 5) is 37.8. The molecule has 176 valence electrons. The lowest BCUT2D eigenvalue weighted by Crippen LogP contribution is -2.17. The van der Waals surface area contributed by atoms with E-state index in [0.29, 0.717) is 39.1 Å². The first-order valence-electron chi connectivity index (χ1n) is 10.6. The predicted octanol–water partition coefficient (Wildman–Crippen LogP) is 5.37. The summed E-state index contributed by atoms with van der Waals surface area (Å²) in [5.41, 5.74) is 10.6. The Bertz CT molecular complexity index is 1700. The van der Waals surface area contributed by atoms with E-state index in [1.54, 1.807) is 31.6 Å². The lowest BCUT2D eigenvalue weighted by molar-refractivity contribution is 0.0988. The van der Waals surface area contributed by atoms with Gasteiger partial charge in [0.1, 0.15) is 22.6 Å². The van der Waals surface area contributed by atoms with Gasteiger partial charge in [0, 0.05) is 22.9 Å². The summed E-state index contributed by atoms with van der Waals surface area (Å²) in [5, 5.41) is 0.560. The molecule has 0 aliphatic heterocycles. The molecule has 5 aromatic rings. The highest BCUT2D eigenvalue weighted by Crippen LogP contribution is 2.34. The fourth-order valence-corrected chi connectivity index (χ4v) is 4.79. The predicted molar refractivity (Wildman–Crippen MR) is 135 cm³/mol. The topological polar surface area (TPSA) is 121 Å². The molecule has 1 atom stereocenters. The van der Waals surface area contributed by atoms with Gasteiger partial charge in [-0.2, -0.15) is 0 Å². The van der Waals surface area contributed by atoms with Gasteiger partial charge < -0.3 is 14.9 Å². The lowest BCUT2D eigenvalue weighted by Gasteiger charge is -2.19. The normalized spacial score (nSPS) is 12.2. The van der Waals surface area contributed by atoms with Crippen molar-refractivity contribution in [3.63, 3.8) is 0 Å². The molecule has 0 saturated carbocycles. The maximum Gasteiger partial charge on any atom is 0.271 e. The zero-order valence-corrected chi connectivity index (χ0v) is 20.5. The van der Waals surface area contributed by atoms with Gasteiger partial charge in [-0.05, 0) is 56.7 Å². The van der Waals surface area contributed by atoms with Crippen molar-refractivity contribution < 1.29 is 13.9 Å². The average Bonchev–Trinajstić information content (AvgIpc) is 3.30. The van der Waals surface area contributed by atoms with Crippen LogP contribution in [0.1, 0.15) is 40.2 Å². The van der Waals surface area contributed by atoms with Gasteiger partial charge in [0.25, 0.3) is 5.91 Å². The quantitative estimate of drug-likeness (QED) is 0.318. The molecule has 1 aromatic carbocycles. The summed E-state index contributed by atoms with van der Waals surface area (Å²) in [7, 11) is 0. The van der Waals surface area contributed by atoms with Gasteiger partial charge in [-0.15, -0.1) is 11.3 Å². The Labute approximate surface area is 208 Å². The number of hydrogen-bond donors (Lipinski definition) is 1.